The molecule has 23 heavy (non-hydrogen) atoms. The maximum atomic E-state index is 12.9. The summed E-state index contributed by atoms with van der Waals surface area (Å²) in [6, 6.07) is 6.06. The molecule has 2 amide bonds. The summed E-state index contributed by atoms with van der Waals surface area (Å²) in [6.07, 6.45) is -3.73. The van der Waals surface area contributed by atoms with E-state index in [4.69, 9.17) is 0 Å². The minimum absolute atomic E-state index is 0.248. The molecule has 1 aromatic carbocycles. The molecule has 0 aliphatic carbocycles. The number of carbonyl (C=O) groups is 2. The highest BCUT2D eigenvalue weighted by Crippen LogP contribution is 2.31. The fraction of sp³-hybridized carbons (Fsp3) is 0.214. The monoisotopic (exact) mass is 326 g/mol. The Morgan fingerprint density at radius 1 is 1.17 bits per heavy atom. The first-order valence-corrected chi connectivity index (χ1v) is 6.46. The van der Waals surface area contributed by atoms with E-state index in [0.717, 1.165) is 10.9 Å². The number of halogens is 3. The molecule has 0 aliphatic rings. The van der Waals surface area contributed by atoms with Crippen LogP contribution >= 0.6 is 0 Å². The largest absolute Gasteiger partial charge is 0.435 e. The van der Waals surface area contributed by atoms with Gasteiger partial charge in [-0.3, -0.25) is 14.3 Å². The van der Waals surface area contributed by atoms with Crippen LogP contribution < -0.4 is 10.6 Å². The van der Waals surface area contributed by atoms with E-state index in [0.29, 0.717) is 5.69 Å². The Labute approximate surface area is 129 Å². The molecule has 0 spiro atoms. The van der Waals surface area contributed by atoms with Crippen molar-refractivity contribution in [2.24, 2.45) is 7.05 Å². The Morgan fingerprint density at radius 3 is 2.35 bits per heavy atom. The van der Waals surface area contributed by atoms with Crippen LogP contribution in [-0.4, -0.2) is 21.6 Å². The molecule has 2 N–H and O–H groups in total. The Balaban J connectivity index is 2.25. The first-order valence-electron chi connectivity index (χ1n) is 6.46. The van der Waals surface area contributed by atoms with Gasteiger partial charge in [-0.15, -0.1) is 0 Å². The van der Waals surface area contributed by atoms with Crippen molar-refractivity contribution in [1.82, 2.24) is 9.78 Å². The quantitative estimate of drug-likeness (QED) is 0.910. The fourth-order valence-corrected chi connectivity index (χ4v) is 1.94. The second-order valence-corrected chi connectivity index (χ2v) is 4.78. The zero-order chi connectivity index (χ0) is 17.2. The summed E-state index contributed by atoms with van der Waals surface area (Å²) in [5, 5.41) is 8.14. The zero-order valence-electron chi connectivity index (χ0n) is 12.2. The summed E-state index contributed by atoms with van der Waals surface area (Å²) in [6.45, 7) is 1.32. The Kier molecular flexibility index (Phi) is 4.39. The molecule has 0 unspecified atom stereocenters. The van der Waals surface area contributed by atoms with Crippen molar-refractivity contribution in [2.75, 3.05) is 10.6 Å². The van der Waals surface area contributed by atoms with Gasteiger partial charge >= 0.3 is 6.18 Å². The van der Waals surface area contributed by atoms with Crippen LogP contribution in [0.15, 0.2) is 30.5 Å². The van der Waals surface area contributed by atoms with Gasteiger partial charge in [-0.05, 0) is 18.2 Å². The lowest BCUT2D eigenvalue weighted by Crippen LogP contribution is -2.18. The van der Waals surface area contributed by atoms with Gasteiger partial charge in [0.1, 0.15) is 0 Å². The van der Waals surface area contributed by atoms with Crippen LogP contribution in [0, 0.1) is 0 Å². The molecule has 0 fully saturated rings. The maximum absolute atomic E-state index is 12.9. The lowest BCUT2D eigenvalue weighted by molar-refractivity contribution is -0.141. The zero-order valence-corrected chi connectivity index (χ0v) is 12.2. The van der Waals surface area contributed by atoms with Crippen molar-refractivity contribution in [3.05, 3.63) is 41.7 Å². The number of nitrogens with zero attached hydrogens (tertiary/aromatic N) is 2. The molecule has 0 radical (unpaired) electrons. The van der Waals surface area contributed by atoms with Gasteiger partial charge in [-0.2, -0.15) is 18.3 Å². The third-order valence-electron chi connectivity index (χ3n) is 2.78. The molecule has 2 aromatic rings. The van der Waals surface area contributed by atoms with Crippen molar-refractivity contribution in [3.63, 3.8) is 0 Å². The number of aromatic nitrogens is 2. The van der Waals surface area contributed by atoms with E-state index >= 15 is 0 Å². The minimum Gasteiger partial charge on any atom is -0.326 e. The summed E-state index contributed by atoms with van der Waals surface area (Å²) >= 11 is 0. The number of carbonyl (C=O) groups excluding carboxylic acids is 2. The molecule has 122 valence electrons. The van der Waals surface area contributed by atoms with Crippen LogP contribution in [0.25, 0.3) is 0 Å². The Morgan fingerprint density at radius 2 is 1.78 bits per heavy atom. The molecule has 0 aliphatic heterocycles. The average Bonchev–Trinajstić information content (AvgIpc) is 2.80. The topological polar surface area (TPSA) is 76.0 Å². The minimum atomic E-state index is -4.73. The molecule has 1 heterocycles. The van der Waals surface area contributed by atoms with Crippen LogP contribution in [0.3, 0.4) is 0 Å². The van der Waals surface area contributed by atoms with E-state index in [1.165, 1.54) is 26.1 Å². The first kappa shape index (κ1) is 16.5. The third-order valence-corrected chi connectivity index (χ3v) is 2.78. The number of aryl methyl sites for hydroxylation is 1. The number of anilines is 2. The van der Waals surface area contributed by atoms with E-state index < -0.39 is 23.3 Å². The van der Waals surface area contributed by atoms with E-state index in [1.54, 1.807) is 12.1 Å². The SMILES string of the molecule is CC(=O)Nc1cccc(NC(=O)c2cn(C)nc2C(F)(F)F)c1. The molecule has 0 saturated heterocycles. The Bertz CT molecular complexity index is 753. The van der Waals surface area contributed by atoms with Crippen LogP contribution in [0.4, 0.5) is 24.5 Å². The highest BCUT2D eigenvalue weighted by Gasteiger charge is 2.38. The number of rotatable bonds is 3. The summed E-state index contributed by atoms with van der Waals surface area (Å²) in [5.41, 5.74) is -1.17. The van der Waals surface area contributed by atoms with Gasteiger partial charge in [0.25, 0.3) is 5.91 Å². The lowest BCUT2D eigenvalue weighted by Gasteiger charge is -2.09. The first-order chi connectivity index (χ1) is 10.7. The van der Waals surface area contributed by atoms with Gasteiger partial charge < -0.3 is 10.6 Å². The average molecular weight is 326 g/mol. The van der Waals surface area contributed by atoms with Crippen LogP contribution in [0.2, 0.25) is 0 Å². The maximum Gasteiger partial charge on any atom is 0.435 e. The molecule has 9 heteroatoms. The third kappa shape index (κ3) is 4.09. The fourth-order valence-electron chi connectivity index (χ4n) is 1.94. The van der Waals surface area contributed by atoms with Crippen LogP contribution in [-0.2, 0) is 18.0 Å². The molecular formula is C14H13F3N4O2. The molecule has 2 rings (SSSR count). The second-order valence-electron chi connectivity index (χ2n) is 4.78. The van der Waals surface area contributed by atoms with Gasteiger partial charge in [-0.1, -0.05) is 6.07 Å². The summed E-state index contributed by atoms with van der Waals surface area (Å²) < 4.78 is 39.5. The Hall–Kier alpha value is -2.84. The van der Waals surface area contributed by atoms with Crippen molar-refractivity contribution in [1.29, 1.82) is 0 Å². The van der Waals surface area contributed by atoms with Crippen LogP contribution in [0.5, 0.6) is 0 Å². The number of nitrogens with one attached hydrogen (secondary N) is 2. The van der Waals surface area contributed by atoms with E-state index in [2.05, 4.69) is 15.7 Å². The van der Waals surface area contributed by atoms with Crippen molar-refractivity contribution in [3.8, 4) is 0 Å². The standard InChI is InChI=1S/C14H13F3N4O2/c1-8(22)18-9-4-3-5-10(6-9)19-13(23)11-7-21(2)20-12(11)14(15,16)17/h3-7H,1-2H3,(H,18,22)(H,19,23). The number of alkyl halides is 3. The molecule has 1 aromatic heterocycles. The normalized spacial score (nSPS) is 11.2. The molecule has 0 bridgehead atoms. The molecular weight excluding hydrogens is 313 g/mol. The van der Waals surface area contributed by atoms with Crippen molar-refractivity contribution < 1.29 is 22.8 Å². The highest BCUT2D eigenvalue weighted by molar-refractivity contribution is 6.05. The highest BCUT2D eigenvalue weighted by atomic mass is 19.4. The number of amides is 2. The molecule has 0 saturated carbocycles. The molecule has 6 nitrogen and oxygen atoms in total. The smallest absolute Gasteiger partial charge is 0.326 e. The van der Waals surface area contributed by atoms with Gasteiger partial charge in [0.15, 0.2) is 5.69 Å². The summed E-state index contributed by atoms with van der Waals surface area (Å²) in [7, 11) is 1.30. The number of hydrogen-bond acceptors (Lipinski definition) is 3. The van der Waals surface area contributed by atoms with Crippen molar-refractivity contribution in [2.45, 2.75) is 13.1 Å². The second kappa shape index (κ2) is 6.11. The summed E-state index contributed by atoms with van der Waals surface area (Å²) in [4.78, 5) is 23.1. The van der Waals surface area contributed by atoms with E-state index in [1.807, 2.05) is 0 Å². The van der Waals surface area contributed by atoms with E-state index in [-0.39, 0.29) is 11.6 Å². The lowest BCUT2D eigenvalue weighted by atomic mass is 10.2. The van der Waals surface area contributed by atoms with Gasteiger partial charge in [0.05, 0.1) is 5.56 Å². The van der Waals surface area contributed by atoms with Gasteiger partial charge in [0.2, 0.25) is 5.91 Å². The summed E-state index contributed by atoms with van der Waals surface area (Å²) in [5.74, 6) is -1.24. The molecule has 0 atom stereocenters. The van der Waals surface area contributed by atoms with Crippen molar-refractivity contribution >= 4 is 23.2 Å². The van der Waals surface area contributed by atoms with Gasteiger partial charge in [0, 0.05) is 31.5 Å². The number of benzene rings is 1. The predicted molar refractivity (Wildman–Crippen MR) is 76.9 cm³/mol. The predicted octanol–water partition coefficient (Wildman–Crippen LogP) is 2.65. The van der Waals surface area contributed by atoms with Gasteiger partial charge in [-0.25, -0.2) is 0 Å². The van der Waals surface area contributed by atoms with E-state index in [9.17, 15) is 22.8 Å². The van der Waals surface area contributed by atoms with Crippen LogP contribution in [0.1, 0.15) is 23.0 Å². The number of hydrogen-bond donors (Lipinski definition) is 2.